The first-order chi connectivity index (χ1) is 8.57. The number of benzene rings is 1. The third-order valence-electron chi connectivity index (χ3n) is 2.37. The van der Waals surface area contributed by atoms with Crippen molar-refractivity contribution in [1.29, 1.82) is 0 Å². The van der Waals surface area contributed by atoms with Gasteiger partial charge in [-0.3, -0.25) is 4.72 Å². The second kappa shape index (κ2) is 7.61. The molecule has 0 aromatic heterocycles. The highest BCUT2D eigenvalue weighted by atomic mass is 35.5. The van der Waals surface area contributed by atoms with Gasteiger partial charge in [-0.05, 0) is 30.5 Å². The standard InChI is InChI=1S/C12H18ClNO3S/c1-17-9-2-10-18(15,16)14-12-5-3-11(4-6-12)7-8-13/h3-6,14H,2,7-10H2,1H3. The monoisotopic (exact) mass is 291 g/mol. The summed E-state index contributed by atoms with van der Waals surface area (Å²) in [6.45, 7) is 0.440. The van der Waals surface area contributed by atoms with E-state index in [0.717, 1.165) is 12.0 Å². The van der Waals surface area contributed by atoms with Gasteiger partial charge in [0.25, 0.3) is 0 Å². The van der Waals surface area contributed by atoms with E-state index in [4.69, 9.17) is 16.3 Å². The minimum Gasteiger partial charge on any atom is -0.385 e. The zero-order chi connectivity index (χ0) is 13.4. The number of ether oxygens (including phenoxy) is 1. The van der Waals surface area contributed by atoms with Crippen molar-refractivity contribution in [2.24, 2.45) is 0 Å². The molecule has 0 heterocycles. The number of sulfonamides is 1. The summed E-state index contributed by atoms with van der Waals surface area (Å²) in [5, 5.41) is 0. The summed E-state index contributed by atoms with van der Waals surface area (Å²) < 4.78 is 30.8. The molecule has 0 saturated heterocycles. The SMILES string of the molecule is COCCCS(=O)(=O)Nc1ccc(CCCl)cc1. The van der Waals surface area contributed by atoms with Gasteiger partial charge in [0.05, 0.1) is 5.75 Å². The lowest BCUT2D eigenvalue weighted by Crippen LogP contribution is -2.17. The quantitative estimate of drug-likeness (QED) is 0.590. The molecule has 18 heavy (non-hydrogen) atoms. The number of nitrogens with one attached hydrogen (secondary N) is 1. The molecule has 0 aliphatic rings. The Balaban J connectivity index is 2.55. The number of halogens is 1. The van der Waals surface area contributed by atoms with Crippen LogP contribution in [0.1, 0.15) is 12.0 Å². The maximum absolute atomic E-state index is 11.7. The molecule has 0 fully saturated rings. The van der Waals surface area contributed by atoms with E-state index in [9.17, 15) is 8.42 Å². The first kappa shape index (κ1) is 15.3. The Morgan fingerprint density at radius 1 is 1.28 bits per heavy atom. The Morgan fingerprint density at radius 3 is 2.50 bits per heavy atom. The zero-order valence-corrected chi connectivity index (χ0v) is 11.9. The van der Waals surface area contributed by atoms with E-state index >= 15 is 0 Å². The van der Waals surface area contributed by atoms with Gasteiger partial charge < -0.3 is 4.74 Å². The number of alkyl halides is 1. The van der Waals surface area contributed by atoms with Crippen LogP contribution in [0.25, 0.3) is 0 Å². The molecule has 0 aliphatic heterocycles. The number of hydrogen-bond acceptors (Lipinski definition) is 3. The van der Waals surface area contributed by atoms with Crippen LogP contribution in [0.4, 0.5) is 5.69 Å². The highest BCUT2D eigenvalue weighted by Gasteiger charge is 2.09. The number of methoxy groups -OCH3 is 1. The van der Waals surface area contributed by atoms with Crippen LogP contribution in [-0.4, -0.2) is 33.8 Å². The molecule has 0 atom stereocenters. The predicted octanol–water partition coefficient (Wildman–Crippen LogP) is 2.25. The first-order valence-electron chi connectivity index (χ1n) is 5.72. The van der Waals surface area contributed by atoms with Gasteiger partial charge in [-0.1, -0.05) is 12.1 Å². The lowest BCUT2D eigenvalue weighted by Gasteiger charge is -2.08. The van der Waals surface area contributed by atoms with Crippen molar-refractivity contribution in [2.45, 2.75) is 12.8 Å². The Bertz CT molecular complexity index is 445. The van der Waals surface area contributed by atoms with E-state index in [1.54, 1.807) is 19.2 Å². The molecule has 4 nitrogen and oxygen atoms in total. The summed E-state index contributed by atoms with van der Waals surface area (Å²) in [4.78, 5) is 0. The van der Waals surface area contributed by atoms with E-state index in [1.807, 2.05) is 12.1 Å². The molecular weight excluding hydrogens is 274 g/mol. The molecular formula is C12H18ClNO3S. The highest BCUT2D eigenvalue weighted by molar-refractivity contribution is 7.92. The van der Waals surface area contributed by atoms with Crippen LogP contribution >= 0.6 is 11.6 Å². The van der Waals surface area contributed by atoms with Crippen LogP contribution in [-0.2, 0) is 21.2 Å². The Hall–Kier alpha value is -0.780. The molecule has 102 valence electrons. The first-order valence-corrected chi connectivity index (χ1v) is 7.90. The molecule has 6 heteroatoms. The van der Waals surface area contributed by atoms with Crippen LogP contribution in [0.5, 0.6) is 0 Å². The molecule has 0 bridgehead atoms. The van der Waals surface area contributed by atoms with Crippen molar-refractivity contribution in [3.05, 3.63) is 29.8 Å². The molecule has 0 saturated carbocycles. The molecule has 0 spiro atoms. The number of aryl methyl sites for hydroxylation is 1. The van der Waals surface area contributed by atoms with Crippen molar-refractivity contribution in [1.82, 2.24) is 0 Å². The molecule has 1 aromatic rings. The van der Waals surface area contributed by atoms with Crippen LogP contribution < -0.4 is 4.72 Å². The second-order valence-corrected chi connectivity index (χ2v) is 6.12. The summed E-state index contributed by atoms with van der Waals surface area (Å²) in [6.07, 6.45) is 1.26. The predicted molar refractivity (Wildman–Crippen MR) is 74.8 cm³/mol. The summed E-state index contributed by atoms with van der Waals surface area (Å²) in [7, 11) is -1.74. The van der Waals surface area contributed by atoms with Gasteiger partial charge >= 0.3 is 0 Å². The fourth-order valence-corrected chi connectivity index (χ4v) is 2.79. The zero-order valence-electron chi connectivity index (χ0n) is 10.4. The van der Waals surface area contributed by atoms with Gasteiger partial charge in [-0.25, -0.2) is 8.42 Å². The third-order valence-corrected chi connectivity index (χ3v) is 3.93. The topological polar surface area (TPSA) is 55.4 Å². The van der Waals surface area contributed by atoms with E-state index in [-0.39, 0.29) is 5.75 Å². The van der Waals surface area contributed by atoms with Gasteiger partial charge in [0, 0.05) is 25.3 Å². The van der Waals surface area contributed by atoms with E-state index < -0.39 is 10.0 Å². The van der Waals surface area contributed by atoms with Crippen molar-refractivity contribution >= 4 is 27.3 Å². The van der Waals surface area contributed by atoms with E-state index in [0.29, 0.717) is 24.6 Å². The summed E-state index contributed by atoms with van der Waals surface area (Å²) >= 11 is 5.63. The number of hydrogen-bond donors (Lipinski definition) is 1. The average molecular weight is 292 g/mol. The normalized spacial score (nSPS) is 11.4. The van der Waals surface area contributed by atoms with Gasteiger partial charge in [-0.15, -0.1) is 11.6 Å². The van der Waals surface area contributed by atoms with Gasteiger partial charge in [0.15, 0.2) is 0 Å². The maximum atomic E-state index is 11.7. The van der Waals surface area contributed by atoms with Crippen LogP contribution in [0.15, 0.2) is 24.3 Å². The van der Waals surface area contributed by atoms with Crippen molar-refractivity contribution < 1.29 is 13.2 Å². The van der Waals surface area contributed by atoms with Gasteiger partial charge in [0.2, 0.25) is 10.0 Å². The molecule has 0 unspecified atom stereocenters. The summed E-state index contributed by atoms with van der Waals surface area (Å²) in [6, 6.07) is 7.23. The average Bonchev–Trinajstić information content (AvgIpc) is 2.32. The maximum Gasteiger partial charge on any atom is 0.232 e. The summed E-state index contributed by atoms with van der Waals surface area (Å²) in [5.41, 5.74) is 1.66. The van der Waals surface area contributed by atoms with Gasteiger partial charge in [0.1, 0.15) is 0 Å². The minimum atomic E-state index is -3.29. The number of anilines is 1. The molecule has 0 radical (unpaired) electrons. The minimum absolute atomic E-state index is 0.0598. The van der Waals surface area contributed by atoms with Crippen molar-refractivity contribution in [3.63, 3.8) is 0 Å². The molecule has 0 aliphatic carbocycles. The molecule has 1 N–H and O–H groups in total. The molecule has 1 aromatic carbocycles. The van der Waals surface area contributed by atoms with E-state index in [1.165, 1.54) is 0 Å². The largest absolute Gasteiger partial charge is 0.385 e. The van der Waals surface area contributed by atoms with Crippen molar-refractivity contribution in [2.75, 3.05) is 30.1 Å². The third kappa shape index (κ3) is 5.71. The van der Waals surface area contributed by atoms with Crippen molar-refractivity contribution in [3.8, 4) is 0 Å². The Morgan fingerprint density at radius 2 is 1.94 bits per heavy atom. The summed E-state index contributed by atoms with van der Waals surface area (Å²) in [5.74, 6) is 0.617. The lowest BCUT2D eigenvalue weighted by molar-refractivity contribution is 0.199. The molecule has 0 amide bonds. The number of rotatable bonds is 8. The van der Waals surface area contributed by atoms with Crippen LogP contribution in [0.2, 0.25) is 0 Å². The Labute approximate surface area is 113 Å². The fraction of sp³-hybridized carbons (Fsp3) is 0.500. The van der Waals surface area contributed by atoms with Crippen LogP contribution in [0, 0.1) is 0 Å². The van der Waals surface area contributed by atoms with Crippen LogP contribution in [0.3, 0.4) is 0 Å². The highest BCUT2D eigenvalue weighted by Crippen LogP contribution is 2.12. The second-order valence-electron chi connectivity index (χ2n) is 3.90. The van der Waals surface area contributed by atoms with E-state index in [2.05, 4.69) is 4.72 Å². The Kier molecular flexibility index (Phi) is 6.46. The molecule has 1 rings (SSSR count). The fourth-order valence-electron chi connectivity index (χ4n) is 1.47. The smallest absolute Gasteiger partial charge is 0.232 e. The lowest BCUT2D eigenvalue weighted by atomic mass is 10.2. The van der Waals surface area contributed by atoms with Gasteiger partial charge in [-0.2, -0.15) is 0 Å².